The zero-order valence-electron chi connectivity index (χ0n) is 10.6. The molecule has 17 heavy (non-hydrogen) atoms. The van der Waals surface area contributed by atoms with Crippen LogP contribution < -0.4 is 0 Å². The van der Waals surface area contributed by atoms with Gasteiger partial charge in [-0.05, 0) is 39.0 Å². The molecule has 0 radical (unpaired) electrons. The van der Waals surface area contributed by atoms with Gasteiger partial charge in [-0.15, -0.1) is 0 Å². The highest BCUT2D eigenvalue weighted by Gasteiger charge is 2.68. The minimum Gasteiger partial charge on any atom is -0.347 e. The fourth-order valence-electron chi connectivity index (χ4n) is 5.02. The third-order valence-corrected chi connectivity index (χ3v) is 5.80. The Kier molecular flexibility index (Phi) is 1.86. The molecule has 0 bridgehead atoms. The molecule has 94 valence electrons. The number of rotatable bonds is 0. The third-order valence-electron chi connectivity index (χ3n) is 5.80. The van der Waals surface area contributed by atoms with Gasteiger partial charge in [-0.3, -0.25) is 4.79 Å². The van der Waals surface area contributed by atoms with Crippen LogP contribution in [0.1, 0.15) is 58.3 Å². The van der Waals surface area contributed by atoms with Crippen molar-refractivity contribution in [2.24, 2.45) is 5.92 Å². The Morgan fingerprint density at radius 2 is 2.00 bits per heavy atom. The van der Waals surface area contributed by atoms with Gasteiger partial charge in [0.05, 0.1) is 11.6 Å². The Morgan fingerprint density at radius 1 is 1.24 bits per heavy atom. The summed E-state index contributed by atoms with van der Waals surface area (Å²) in [6.45, 7) is 2.22. The standard InChI is InChI=1S/C14H21NO2/c1-10-13(6-2-3-7-13)17-14-8-4-5-11(14)9-12(16)15(10)14/h10-11H,2-9H2,1H3/t10-,11-,14+/m0/s1. The summed E-state index contributed by atoms with van der Waals surface area (Å²) in [5.74, 6) is 0.836. The first-order valence-corrected chi connectivity index (χ1v) is 7.20. The molecule has 4 rings (SSSR count). The first-order chi connectivity index (χ1) is 8.18. The maximum atomic E-state index is 12.3. The van der Waals surface area contributed by atoms with Gasteiger partial charge in [0.15, 0.2) is 0 Å². The molecular weight excluding hydrogens is 214 g/mol. The number of carbonyl (C=O) groups is 1. The molecule has 3 heteroatoms. The van der Waals surface area contributed by atoms with E-state index in [0.717, 1.165) is 25.7 Å². The minimum absolute atomic E-state index is 0.0126. The number of hydrogen-bond donors (Lipinski definition) is 0. The molecule has 2 aliphatic heterocycles. The minimum atomic E-state index is -0.180. The molecule has 0 aromatic heterocycles. The fraction of sp³-hybridized carbons (Fsp3) is 0.929. The van der Waals surface area contributed by atoms with Crippen LogP contribution in [0.4, 0.5) is 0 Å². The van der Waals surface area contributed by atoms with E-state index in [1.165, 1.54) is 25.7 Å². The van der Waals surface area contributed by atoms with Crippen molar-refractivity contribution >= 4 is 5.91 Å². The quantitative estimate of drug-likeness (QED) is 0.645. The molecule has 0 N–H and O–H groups in total. The van der Waals surface area contributed by atoms with E-state index in [0.29, 0.717) is 17.9 Å². The van der Waals surface area contributed by atoms with E-state index < -0.39 is 0 Å². The van der Waals surface area contributed by atoms with Gasteiger partial charge >= 0.3 is 0 Å². The summed E-state index contributed by atoms with van der Waals surface area (Å²) in [4.78, 5) is 14.4. The number of amides is 1. The second kappa shape index (κ2) is 3.05. The highest BCUT2D eigenvalue weighted by Crippen LogP contribution is 2.59. The number of hydrogen-bond acceptors (Lipinski definition) is 2. The Labute approximate surface area is 102 Å². The molecule has 3 atom stereocenters. The van der Waals surface area contributed by atoms with Gasteiger partial charge in [0.2, 0.25) is 5.91 Å². The van der Waals surface area contributed by atoms with Crippen LogP contribution in [0.15, 0.2) is 0 Å². The first-order valence-electron chi connectivity index (χ1n) is 7.20. The molecule has 2 spiro atoms. The average molecular weight is 235 g/mol. The van der Waals surface area contributed by atoms with Crippen LogP contribution in [0.25, 0.3) is 0 Å². The Morgan fingerprint density at radius 3 is 2.76 bits per heavy atom. The van der Waals surface area contributed by atoms with Gasteiger partial charge in [0.1, 0.15) is 5.72 Å². The summed E-state index contributed by atoms with van der Waals surface area (Å²) in [7, 11) is 0. The van der Waals surface area contributed by atoms with Crippen molar-refractivity contribution in [2.75, 3.05) is 0 Å². The maximum Gasteiger partial charge on any atom is 0.225 e. The van der Waals surface area contributed by atoms with Gasteiger partial charge < -0.3 is 9.64 Å². The molecule has 3 nitrogen and oxygen atoms in total. The average Bonchev–Trinajstić information content (AvgIpc) is 2.97. The maximum absolute atomic E-state index is 12.3. The molecule has 2 saturated heterocycles. The summed E-state index contributed by atoms with van der Waals surface area (Å²) >= 11 is 0. The lowest BCUT2D eigenvalue weighted by Crippen LogP contribution is -2.46. The van der Waals surface area contributed by atoms with Gasteiger partial charge in [-0.1, -0.05) is 12.8 Å². The Bertz CT molecular complexity index is 374. The van der Waals surface area contributed by atoms with Crippen LogP contribution in [-0.2, 0) is 9.53 Å². The van der Waals surface area contributed by atoms with E-state index in [1.807, 2.05) is 0 Å². The highest BCUT2D eigenvalue weighted by molar-refractivity contribution is 5.81. The molecule has 2 heterocycles. The van der Waals surface area contributed by atoms with Crippen molar-refractivity contribution < 1.29 is 9.53 Å². The van der Waals surface area contributed by atoms with Gasteiger partial charge in [-0.2, -0.15) is 0 Å². The normalized spacial score (nSPS) is 46.9. The van der Waals surface area contributed by atoms with Crippen molar-refractivity contribution in [3.05, 3.63) is 0 Å². The molecular formula is C14H21NO2. The van der Waals surface area contributed by atoms with E-state index in [4.69, 9.17) is 4.74 Å². The predicted octanol–water partition coefficient (Wildman–Crippen LogP) is 2.45. The highest BCUT2D eigenvalue weighted by atomic mass is 16.6. The van der Waals surface area contributed by atoms with Crippen molar-refractivity contribution in [1.82, 2.24) is 4.90 Å². The van der Waals surface area contributed by atoms with E-state index in [9.17, 15) is 4.79 Å². The molecule has 4 aliphatic rings. The predicted molar refractivity (Wildman–Crippen MR) is 63.3 cm³/mol. The second-order valence-corrected chi connectivity index (χ2v) is 6.45. The zero-order chi connectivity index (χ0) is 11.7. The number of ether oxygens (including phenoxy) is 1. The second-order valence-electron chi connectivity index (χ2n) is 6.45. The molecule has 0 unspecified atom stereocenters. The van der Waals surface area contributed by atoms with Crippen molar-refractivity contribution in [3.63, 3.8) is 0 Å². The summed E-state index contributed by atoms with van der Waals surface area (Å²) in [6.07, 6.45) is 9.09. The van der Waals surface area contributed by atoms with Crippen LogP contribution >= 0.6 is 0 Å². The lowest BCUT2D eigenvalue weighted by Gasteiger charge is -2.32. The lowest BCUT2D eigenvalue weighted by molar-refractivity contribution is -0.150. The van der Waals surface area contributed by atoms with E-state index in [2.05, 4.69) is 11.8 Å². The summed E-state index contributed by atoms with van der Waals surface area (Å²) in [5.41, 5.74) is -0.167. The topological polar surface area (TPSA) is 29.5 Å². The lowest BCUT2D eigenvalue weighted by atomic mass is 9.93. The van der Waals surface area contributed by atoms with Crippen molar-refractivity contribution in [1.29, 1.82) is 0 Å². The van der Waals surface area contributed by atoms with Crippen LogP contribution in [0.3, 0.4) is 0 Å². The van der Waals surface area contributed by atoms with Gasteiger partial charge in [-0.25, -0.2) is 0 Å². The number of nitrogens with zero attached hydrogens (tertiary/aromatic N) is 1. The summed E-state index contributed by atoms with van der Waals surface area (Å²) in [5, 5.41) is 0. The van der Waals surface area contributed by atoms with E-state index in [-0.39, 0.29) is 11.3 Å². The third kappa shape index (κ3) is 1.05. The Balaban J connectivity index is 1.78. The Hall–Kier alpha value is -0.570. The smallest absolute Gasteiger partial charge is 0.225 e. The van der Waals surface area contributed by atoms with E-state index in [1.54, 1.807) is 0 Å². The fourth-order valence-corrected chi connectivity index (χ4v) is 5.02. The van der Waals surface area contributed by atoms with Crippen LogP contribution in [0.5, 0.6) is 0 Å². The van der Waals surface area contributed by atoms with Gasteiger partial charge in [0, 0.05) is 12.3 Å². The molecule has 4 fully saturated rings. The van der Waals surface area contributed by atoms with Crippen LogP contribution in [0, 0.1) is 5.92 Å². The summed E-state index contributed by atoms with van der Waals surface area (Å²) < 4.78 is 6.63. The van der Waals surface area contributed by atoms with Crippen LogP contribution in [0.2, 0.25) is 0 Å². The van der Waals surface area contributed by atoms with Crippen molar-refractivity contribution in [2.45, 2.75) is 75.7 Å². The van der Waals surface area contributed by atoms with E-state index >= 15 is 0 Å². The monoisotopic (exact) mass is 235 g/mol. The molecule has 2 aliphatic carbocycles. The molecule has 0 aromatic carbocycles. The van der Waals surface area contributed by atoms with Crippen LogP contribution in [-0.4, -0.2) is 28.2 Å². The van der Waals surface area contributed by atoms with Crippen molar-refractivity contribution in [3.8, 4) is 0 Å². The summed E-state index contributed by atoms with van der Waals surface area (Å²) in [6, 6.07) is 0.306. The number of carbonyl (C=O) groups excluding carboxylic acids is 1. The first kappa shape index (κ1) is 10.4. The largest absolute Gasteiger partial charge is 0.347 e. The zero-order valence-corrected chi connectivity index (χ0v) is 10.6. The van der Waals surface area contributed by atoms with Gasteiger partial charge in [0.25, 0.3) is 0 Å². The molecule has 2 saturated carbocycles. The molecule has 1 amide bonds. The SMILES string of the molecule is C[C@@H]1N2C(=O)C[C@@H]3CCC[C@@]32OC12CCCC2. The molecule has 0 aromatic rings.